The van der Waals surface area contributed by atoms with Crippen LogP contribution in [0.3, 0.4) is 0 Å². The molecular formula is C15H24N2O2. The second-order valence-electron chi connectivity index (χ2n) is 5.74. The second kappa shape index (κ2) is 6.57. The van der Waals surface area contributed by atoms with Gasteiger partial charge in [0.2, 0.25) is 5.91 Å². The van der Waals surface area contributed by atoms with Crippen LogP contribution < -0.4 is 10.6 Å². The summed E-state index contributed by atoms with van der Waals surface area (Å²) in [5, 5.41) is 6.15. The highest BCUT2D eigenvalue weighted by atomic mass is 16.5. The molecule has 1 atom stereocenters. The fraction of sp³-hybridized carbons (Fsp3) is 0.533. The van der Waals surface area contributed by atoms with Gasteiger partial charge < -0.3 is 15.4 Å². The Bertz CT molecular complexity index is 424. The van der Waals surface area contributed by atoms with Gasteiger partial charge in [0, 0.05) is 18.3 Å². The minimum Gasteiger partial charge on any atom is -0.380 e. The quantitative estimate of drug-likeness (QED) is 0.859. The first-order chi connectivity index (χ1) is 8.81. The fourth-order valence-electron chi connectivity index (χ4n) is 1.71. The fourth-order valence-corrected chi connectivity index (χ4v) is 1.71. The largest absolute Gasteiger partial charge is 0.380 e. The number of hydrogen-bond donors (Lipinski definition) is 2. The third-order valence-electron chi connectivity index (χ3n) is 2.51. The van der Waals surface area contributed by atoms with Crippen LogP contribution in [0, 0.1) is 0 Å². The normalized spacial score (nSPS) is 12.9. The SMILES string of the molecule is COCc1cccc(N[C@@H](C)C(=O)NC(C)(C)C)c1. The van der Waals surface area contributed by atoms with Crippen LogP contribution in [0.15, 0.2) is 24.3 Å². The maximum absolute atomic E-state index is 12.0. The lowest BCUT2D eigenvalue weighted by molar-refractivity contribution is -0.122. The zero-order valence-electron chi connectivity index (χ0n) is 12.4. The molecule has 0 spiro atoms. The van der Waals surface area contributed by atoms with Gasteiger partial charge in [0.05, 0.1) is 6.61 Å². The molecule has 0 bridgehead atoms. The summed E-state index contributed by atoms with van der Waals surface area (Å²) < 4.78 is 5.09. The number of rotatable bonds is 5. The van der Waals surface area contributed by atoms with E-state index in [-0.39, 0.29) is 17.5 Å². The highest BCUT2D eigenvalue weighted by molar-refractivity contribution is 5.84. The van der Waals surface area contributed by atoms with Crippen molar-refractivity contribution in [2.75, 3.05) is 12.4 Å². The van der Waals surface area contributed by atoms with Crippen molar-refractivity contribution >= 4 is 11.6 Å². The summed E-state index contributed by atoms with van der Waals surface area (Å²) in [6, 6.07) is 7.60. The van der Waals surface area contributed by atoms with Crippen molar-refractivity contribution in [1.82, 2.24) is 5.32 Å². The standard InChI is InChI=1S/C15H24N2O2/c1-11(14(18)17-15(2,3)4)16-13-8-6-7-12(9-13)10-19-5/h6-9,11,16H,10H2,1-5H3,(H,17,18)/t11-/m0/s1. The van der Waals surface area contributed by atoms with E-state index in [1.165, 1.54) is 0 Å². The average molecular weight is 264 g/mol. The van der Waals surface area contributed by atoms with Gasteiger partial charge >= 0.3 is 0 Å². The predicted molar refractivity (Wildman–Crippen MR) is 78.1 cm³/mol. The van der Waals surface area contributed by atoms with Gasteiger partial charge in [-0.25, -0.2) is 0 Å². The van der Waals surface area contributed by atoms with Crippen molar-refractivity contribution < 1.29 is 9.53 Å². The maximum atomic E-state index is 12.0. The molecule has 4 nitrogen and oxygen atoms in total. The van der Waals surface area contributed by atoms with Crippen molar-refractivity contribution in [2.45, 2.75) is 45.9 Å². The Kier molecular flexibility index (Phi) is 5.36. The molecule has 0 fully saturated rings. The molecule has 0 aliphatic carbocycles. The van der Waals surface area contributed by atoms with E-state index in [1.807, 2.05) is 52.0 Å². The van der Waals surface area contributed by atoms with Gasteiger partial charge in [0.15, 0.2) is 0 Å². The molecule has 0 saturated heterocycles. The summed E-state index contributed by atoms with van der Waals surface area (Å²) in [6.45, 7) is 8.33. The van der Waals surface area contributed by atoms with E-state index in [9.17, 15) is 4.79 Å². The molecule has 19 heavy (non-hydrogen) atoms. The summed E-state index contributed by atoms with van der Waals surface area (Å²) in [5.41, 5.74) is 1.78. The van der Waals surface area contributed by atoms with Crippen LogP contribution in [0.4, 0.5) is 5.69 Å². The molecule has 0 heterocycles. The third-order valence-corrected chi connectivity index (χ3v) is 2.51. The number of nitrogens with one attached hydrogen (secondary N) is 2. The summed E-state index contributed by atoms with van der Waals surface area (Å²) in [5.74, 6) is -0.00959. The van der Waals surface area contributed by atoms with Crippen molar-refractivity contribution in [3.05, 3.63) is 29.8 Å². The molecule has 2 N–H and O–H groups in total. The van der Waals surface area contributed by atoms with Crippen molar-refractivity contribution in [2.24, 2.45) is 0 Å². The highest BCUT2D eigenvalue weighted by Gasteiger charge is 2.18. The Balaban J connectivity index is 2.63. The highest BCUT2D eigenvalue weighted by Crippen LogP contribution is 2.13. The number of amides is 1. The Morgan fingerprint density at radius 2 is 2.05 bits per heavy atom. The number of anilines is 1. The van der Waals surface area contributed by atoms with E-state index in [2.05, 4.69) is 10.6 Å². The van der Waals surface area contributed by atoms with Gasteiger partial charge in [0.1, 0.15) is 6.04 Å². The van der Waals surface area contributed by atoms with Crippen LogP contribution in [0.25, 0.3) is 0 Å². The number of hydrogen-bond acceptors (Lipinski definition) is 3. The number of carbonyl (C=O) groups excluding carboxylic acids is 1. The summed E-state index contributed by atoms with van der Waals surface area (Å²) in [6.07, 6.45) is 0. The zero-order valence-corrected chi connectivity index (χ0v) is 12.4. The van der Waals surface area contributed by atoms with Gasteiger partial charge in [-0.05, 0) is 45.4 Å². The number of methoxy groups -OCH3 is 1. The Morgan fingerprint density at radius 3 is 2.63 bits per heavy atom. The smallest absolute Gasteiger partial charge is 0.242 e. The van der Waals surface area contributed by atoms with Crippen LogP contribution >= 0.6 is 0 Å². The lowest BCUT2D eigenvalue weighted by Gasteiger charge is -2.24. The van der Waals surface area contributed by atoms with Crippen LogP contribution in [0.2, 0.25) is 0 Å². The molecule has 0 unspecified atom stereocenters. The van der Waals surface area contributed by atoms with E-state index < -0.39 is 0 Å². The van der Waals surface area contributed by atoms with E-state index in [1.54, 1.807) is 7.11 Å². The van der Waals surface area contributed by atoms with E-state index >= 15 is 0 Å². The number of benzene rings is 1. The van der Waals surface area contributed by atoms with Crippen LogP contribution in [0.5, 0.6) is 0 Å². The molecule has 1 aromatic carbocycles. The van der Waals surface area contributed by atoms with Crippen LogP contribution in [-0.4, -0.2) is 24.6 Å². The van der Waals surface area contributed by atoms with Crippen LogP contribution in [0.1, 0.15) is 33.3 Å². The third kappa shape index (κ3) is 5.75. The second-order valence-corrected chi connectivity index (χ2v) is 5.74. The molecular weight excluding hydrogens is 240 g/mol. The molecule has 4 heteroatoms. The molecule has 0 aromatic heterocycles. The van der Waals surface area contributed by atoms with Crippen molar-refractivity contribution in [1.29, 1.82) is 0 Å². The van der Waals surface area contributed by atoms with Crippen molar-refractivity contribution in [3.63, 3.8) is 0 Å². The van der Waals surface area contributed by atoms with Gasteiger partial charge in [-0.2, -0.15) is 0 Å². The van der Waals surface area contributed by atoms with Gasteiger partial charge in [0.25, 0.3) is 0 Å². The number of carbonyl (C=O) groups is 1. The molecule has 1 aromatic rings. The van der Waals surface area contributed by atoms with Gasteiger partial charge in [-0.15, -0.1) is 0 Å². The predicted octanol–water partition coefficient (Wildman–Crippen LogP) is 2.55. The summed E-state index contributed by atoms with van der Waals surface area (Å²) >= 11 is 0. The van der Waals surface area contributed by atoms with Gasteiger partial charge in [-0.3, -0.25) is 4.79 Å². The maximum Gasteiger partial charge on any atom is 0.242 e. The first-order valence-electron chi connectivity index (χ1n) is 6.48. The Labute approximate surface area is 115 Å². The molecule has 106 valence electrons. The molecule has 0 radical (unpaired) electrons. The molecule has 0 aliphatic rings. The van der Waals surface area contributed by atoms with E-state index in [0.717, 1.165) is 11.3 Å². The zero-order chi connectivity index (χ0) is 14.5. The summed E-state index contributed by atoms with van der Waals surface area (Å²) in [7, 11) is 1.67. The average Bonchev–Trinajstić information content (AvgIpc) is 2.27. The van der Waals surface area contributed by atoms with Crippen LogP contribution in [-0.2, 0) is 16.1 Å². The van der Waals surface area contributed by atoms with E-state index in [4.69, 9.17) is 4.74 Å². The lowest BCUT2D eigenvalue weighted by atomic mass is 10.1. The number of ether oxygens (including phenoxy) is 1. The monoisotopic (exact) mass is 264 g/mol. The molecule has 1 amide bonds. The Morgan fingerprint density at radius 1 is 1.37 bits per heavy atom. The summed E-state index contributed by atoms with van der Waals surface area (Å²) in [4.78, 5) is 12.0. The van der Waals surface area contributed by atoms with Gasteiger partial charge in [-0.1, -0.05) is 12.1 Å². The minimum atomic E-state index is -0.281. The molecule has 0 saturated carbocycles. The minimum absolute atomic E-state index is 0.00959. The first kappa shape index (κ1) is 15.5. The van der Waals surface area contributed by atoms with E-state index in [0.29, 0.717) is 6.61 Å². The topological polar surface area (TPSA) is 50.4 Å². The van der Waals surface area contributed by atoms with Crippen molar-refractivity contribution in [3.8, 4) is 0 Å². The first-order valence-corrected chi connectivity index (χ1v) is 6.48. The molecule has 1 rings (SSSR count). The lowest BCUT2D eigenvalue weighted by Crippen LogP contribution is -2.47. The molecule has 0 aliphatic heterocycles. The Hall–Kier alpha value is -1.55.